The monoisotopic (exact) mass is 257 g/mol. The molecule has 7 heteroatoms. The van der Waals surface area contributed by atoms with Crippen molar-refractivity contribution < 1.29 is 18.7 Å². The quantitative estimate of drug-likeness (QED) is 0.788. The van der Waals surface area contributed by atoms with Gasteiger partial charge in [0.05, 0.1) is 13.7 Å². The van der Waals surface area contributed by atoms with Crippen LogP contribution < -0.4 is 5.32 Å². The minimum absolute atomic E-state index is 0.135. The summed E-state index contributed by atoms with van der Waals surface area (Å²) in [5.41, 5.74) is 0.181. The minimum Gasteiger partial charge on any atom is -0.467 e. The molecule has 0 spiro atoms. The summed E-state index contributed by atoms with van der Waals surface area (Å²) in [6.45, 7) is 3.41. The van der Waals surface area contributed by atoms with Crippen LogP contribution in [0.4, 0.5) is 4.39 Å². The Hall–Kier alpha value is -1.92. The van der Waals surface area contributed by atoms with Crippen LogP contribution in [-0.4, -0.2) is 41.5 Å². The van der Waals surface area contributed by atoms with E-state index in [1.54, 1.807) is 10.9 Å². The van der Waals surface area contributed by atoms with E-state index in [1.807, 2.05) is 13.8 Å². The Bertz CT molecular complexity index is 431. The second kappa shape index (κ2) is 6.13. The van der Waals surface area contributed by atoms with Gasteiger partial charge in [-0.15, -0.1) is 0 Å². The molecule has 0 unspecified atom stereocenters. The number of hydrogen-bond donors (Lipinski definition) is 1. The fourth-order valence-corrected chi connectivity index (χ4v) is 1.23. The highest BCUT2D eigenvalue weighted by Crippen LogP contribution is 2.04. The molecular weight excluding hydrogens is 241 g/mol. The SMILES string of the molecule is COC(=O)[C@H](F)CNC(=O)c1ccn(C(C)C)n1. The predicted octanol–water partition coefficient (Wildman–Crippen LogP) is 0.705. The standard InChI is InChI=1S/C11H16FN3O3/c1-7(2)15-5-4-9(14-15)10(16)13-6-8(12)11(17)18-3/h4-5,7-8H,6H2,1-3H3,(H,13,16)/t8-/m1/s1. The third-order valence-corrected chi connectivity index (χ3v) is 2.27. The van der Waals surface area contributed by atoms with Crippen molar-refractivity contribution in [2.24, 2.45) is 0 Å². The van der Waals surface area contributed by atoms with Gasteiger partial charge in [0.1, 0.15) is 5.69 Å². The molecular formula is C11H16FN3O3. The molecule has 1 heterocycles. The van der Waals surface area contributed by atoms with Crippen molar-refractivity contribution in [3.63, 3.8) is 0 Å². The lowest BCUT2D eigenvalue weighted by Gasteiger charge is -2.07. The van der Waals surface area contributed by atoms with Crippen LogP contribution >= 0.6 is 0 Å². The summed E-state index contributed by atoms with van der Waals surface area (Å²) < 4.78 is 18.9. The Labute approximate surface area is 104 Å². The van der Waals surface area contributed by atoms with E-state index >= 15 is 0 Å². The maximum Gasteiger partial charge on any atom is 0.342 e. The first-order valence-electron chi connectivity index (χ1n) is 5.51. The van der Waals surface area contributed by atoms with Crippen LogP contribution in [0.1, 0.15) is 30.4 Å². The molecule has 1 rings (SSSR count). The Morgan fingerprint density at radius 2 is 2.22 bits per heavy atom. The number of aromatic nitrogens is 2. The first-order chi connectivity index (χ1) is 8.45. The summed E-state index contributed by atoms with van der Waals surface area (Å²) >= 11 is 0. The molecule has 0 aromatic carbocycles. The van der Waals surface area contributed by atoms with Gasteiger partial charge in [-0.25, -0.2) is 9.18 Å². The summed E-state index contributed by atoms with van der Waals surface area (Å²) in [6, 6.07) is 1.66. The number of amides is 1. The van der Waals surface area contributed by atoms with E-state index in [-0.39, 0.29) is 11.7 Å². The Morgan fingerprint density at radius 1 is 1.56 bits per heavy atom. The maximum absolute atomic E-state index is 13.1. The first-order valence-corrected chi connectivity index (χ1v) is 5.51. The van der Waals surface area contributed by atoms with Crippen molar-refractivity contribution in [1.82, 2.24) is 15.1 Å². The van der Waals surface area contributed by atoms with E-state index in [4.69, 9.17) is 0 Å². The lowest BCUT2D eigenvalue weighted by atomic mass is 10.3. The number of nitrogens with one attached hydrogen (secondary N) is 1. The highest BCUT2D eigenvalue weighted by Gasteiger charge is 2.19. The van der Waals surface area contributed by atoms with Crippen molar-refractivity contribution in [3.8, 4) is 0 Å². The molecule has 0 saturated carbocycles. The molecule has 0 radical (unpaired) electrons. The third-order valence-electron chi connectivity index (χ3n) is 2.27. The van der Waals surface area contributed by atoms with Gasteiger partial charge >= 0.3 is 5.97 Å². The molecule has 6 nitrogen and oxygen atoms in total. The van der Waals surface area contributed by atoms with Gasteiger partial charge < -0.3 is 10.1 Å². The van der Waals surface area contributed by atoms with E-state index in [0.717, 1.165) is 7.11 Å². The van der Waals surface area contributed by atoms with Crippen LogP contribution in [0.5, 0.6) is 0 Å². The summed E-state index contributed by atoms with van der Waals surface area (Å²) in [4.78, 5) is 22.4. The Morgan fingerprint density at radius 3 is 2.72 bits per heavy atom. The normalized spacial score (nSPS) is 12.3. The predicted molar refractivity (Wildman–Crippen MR) is 61.9 cm³/mol. The van der Waals surface area contributed by atoms with Gasteiger partial charge in [-0.1, -0.05) is 0 Å². The molecule has 0 fully saturated rings. The van der Waals surface area contributed by atoms with Crippen molar-refractivity contribution in [3.05, 3.63) is 18.0 Å². The van der Waals surface area contributed by atoms with E-state index in [2.05, 4.69) is 15.2 Å². The summed E-state index contributed by atoms with van der Waals surface area (Å²) in [7, 11) is 1.08. The zero-order chi connectivity index (χ0) is 13.7. The smallest absolute Gasteiger partial charge is 0.342 e. The number of carbonyl (C=O) groups is 2. The maximum atomic E-state index is 13.1. The molecule has 0 saturated heterocycles. The molecule has 0 aliphatic heterocycles. The summed E-state index contributed by atoms with van der Waals surface area (Å²) in [5.74, 6) is -1.54. The van der Waals surface area contributed by atoms with Crippen LogP contribution in [-0.2, 0) is 9.53 Å². The zero-order valence-electron chi connectivity index (χ0n) is 10.5. The molecule has 0 aliphatic carbocycles. The van der Waals surface area contributed by atoms with Gasteiger partial charge in [0.2, 0.25) is 6.17 Å². The number of hydrogen-bond acceptors (Lipinski definition) is 4. The molecule has 1 atom stereocenters. The van der Waals surface area contributed by atoms with Gasteiger partial charge in [-0.05, 0) is 19.9 Å². The Balaban J connectivity index is 2.52. The number of halogens is 1. The molecule has 1 aromatic rings. The van der Waals surface area contributed by atoms with Crippen LogP contribution in [0.3, 0.4) is 0 Å². The average Bonchev–Trinajstić information content (AvgIpc) is 2.84. The van der Waals surface area contributed by atoms with Crippen molar-refractivity contribution in [2.75, 3.05) is 13.7 Å². The van der Waals surface area contributed by atoms with Gasteiger partial charge in [0.15, 0.2) is 0 Å². The van der Waals surface area contributed by atoms with Crippen LogP contribution in [0.15, 0.2) is 12.3 Å². The van der Waals surface area contributed by atoms with Crippen LogP contribution in [0.25, 0.3) is 0 Å². The molecule has 1 aromatic heterocycles. The van der Waals surface area contributed by atoms with Gasteiger partial charge in [0.25, 0.3) is 5.91 Å². The number of nitrogens with zero attached hydrogens (tertiary/aromatic N) is 2. The van der Waals surface area contributed by atoms with Crippen LogP contribution in [0.2, 0.25) is 0 Å². The van der Waals surface area contributed by atoms with E-state index < -0.39 is 24.6 Å². The lowest BCUT2D eigenvalue weighted by Crippen LogP contribution is -2.35. The third kappa shape index (κ3) is 3.54. The van der Waals surface area contributed by atoms with E-state index in [0.29, 0.717) is 0 Å². The number of carbonyl (C=O) groups excluding carboxylic acids is 2. The molecule has 1 amide bonds. The van der Waals surface area contributed by atoms with Gasteiger partial charge in [-0.3, -0.25) is 9.48 Å². The molecule has 0 bridgehead atoms. The number of ether oxygens (including phenoxy) is 1. The summed E-state index contributed by atoms with van der Waals surface area (Å²) in [6.07, 6.45) is -0.210. The number of methoxy groups -OCH3 is 1. The minimum atomic E-state index is -1.87. The van der Waals surface area contributed by atoms with Gasteiger partial charge in [-0.2, -0.15) is 5.10 Å². The van der Waals surface area contributed by atoms with Crippen LogP contribution in [0, 0.1) is 0 Å². The van der Waals surface area contributed by atoms with Crippen molar-refractivity contribution in [2.45, 2.75) is 26.1 Å². The number of alkyl halides is 1. The van der Waals surface area contributed by atoms with E-state index in [1.165, 1.54) is 6.07 Å². The highest BCUT2D eigenvalue weighted by molar-refractivity contribution is 5.92. The largest absolute Gasteiger partial charge is 0.467 e. The molecule has 0 aliphatic rings. The number of rotatable bonds is 5. The lowest BCUT2D eigenvalue weighted by molar-refractivity contribution is -0.146. The van der Waals surface area contributed by atoms with E-state index in [9.17, 15) is 14.0 Å². The molecule has 100 valence electrons. The Kier molecular flexibility index (Phi) is 4.82. The number of esters is 1. The second-order valence-electron chi connectivity index (χ2n) is 3.98. The zero-order valence-corrected chi connectivity index (χ0v) is 10.5. The van der Waals surface area contributed by atoms with Crippen molar-refractivity contribution in [1.29, 1.82) is 0 Å². The average molecular weight is 257 g/mol. The highest BCUT2D eigenvalue weighted by atomic mass is 19.1. The van der Waals surface area contributed by atoms with Gasteiger partial charge in [0, 0.05) is 12.2 Å². The fraction of sp³-hybridized carbons (Fsp3) is 0.545. The second-order valence-corrected chi connectivity index (χ2v) is 3.98. The summed E-state index contributed by atoms with van der Waals surface area (Å²) in [5, 5.41) is 6.29. The van der Waals surface area contributed by atoms with Crippen molar-refractivity contribution >= 4 is 11.9 Å². The fourth-order valence-electron chi connectivity index (χ4n) is 1.23. The first kappa shape index (κ1) is 14.1. The molecule has 1 N–H and O–H groups in total. The molecule has 18 heavy (non-hydrogen) atoms. The topological polar surface area (TPSA) is 73.2 Å².